The Morgan fingerprint density at radius 3 is 2.36 bits per heavy atom. The minimum Gasteiger partial charge on any atom is -0.343 e. The van der Waals surface area contributed by atoms with Crippen molar-refractivity contribution < 1.29 is 18.1 Å². The third-order valence-electron chi connectivity index (χ3n) is 5.64. The van der Waals surface area contributed by atoms with Crippen molar-refractivity contribution in [2.45, 2.75) is 57.4 Å². The number of aryl methyl sites for hydroxylation is 1. The van der Waals surface area contributed by atoms with Gasteiger partial charge in [0, 0.05) is 44.2 Å². The maximum atomic E-state index is 13.0. The standard InChI is InChI=1S/C19H29N3O5S/c1-5-16(6-2)20(4)19(23)15-9-11-21(12-10-15)28(26,27)18-13-17(22(24)25)8-7-14(18)3/h7-8,13,15-16H,5-6,9-12H2,1-4H3. The molecule has 1 saturated heterocycles. The second-order valence-electron chi connectivity index (χ2n) is 7.30. The average molecular weight is 412 g/mol. The molecule has 0 N–H and O–H groups in total. The number of carbonyl (C=O) groups is 1. The average Bonchev–Trinajstić information content (AvgIpc) is 2.68. The van der Waals surface area contributed by atoms with Crippen molar-refractivity contribution in [2.75, 3.05) is 20.1 Å². The summed E-state index contributed by atoms with van der Waals surface area (Å²) in [6.07, 6.45) is 2.68. The molecule has 1 amide bonds. The lowest BCUT2D eigenvalue weighted by atomic mass is 9.95. The minimum atomic E-state index is -3.84. The largest absolute Gasteiger partial charge is 0.343 e. The van der Waals surface area contributed by atoms with Crippen LogP contribution in [0.3, 0.4) is 0 Å². The fourth-order valence-corrected chi connectivity index (χ4v) is 5.48. The monoisotopic (exact) mass is 411 g/mol. The molecule has 1 aliphatic heterocycles. The summed E-state index contributed by atoms with van der Waals surface area (Å²) < 4.78 is 27.3. The van der Waals surface area contributed by atoms with Crippen LogP contribution >= 0.6 is 0 Å². The van der Waals surface area contributed by atoms with E-state index in [1.165, 1.54) is 16.4 Å². The maximum absolute atomic E-state index is 13.0. The van der Waals surface area contributed by atoms with Crippen LogP contribution in [0.15, 0.2) is 23.1 Å². The van der Waals surface area contributed by atoms with Gasteiger partial charge in [0.05, 0.1) is 9.82 Å². The molecular weight excluding hydrogens is 382 g/mol. The van der Waals surface area contributed by atoms with Gasteiger partial charge < -0.3 is 4.90 Å². The molecule has 1 aliphatic rings. The van der Waals surface area contributed by atoms with Gasteiger partial charge in [-0.25, -0.2) is 8.42 Å². The van der Waals surface area contributed by atoms with Crippen molar-refractivity contribution >= 4 is 21.6 Å². The first-order chi connectivity index (χ1) is 13.1. The van der Waals surface area contributed by atoms with Crippen molar-refractivity contribution in [1.29, 1.82) is 0 Å². The van der Waals surface area contributed by atoms with Crippen LogP contribution in [0.1, 0.15) is 45.1 Å². The van der Waals surface area contributed by atoms with Gasteiger partial charge in [0.2, 0.25) is 15.9 Å². The topological polar surface area (TPSA) is 101 Å². The molecule has 156 valence electrons. The summed E-state index contributed by atoms with van der Waals surface area (Å²) in [6, 6.07) is 4.06. The molecule has 1 fully saturated rings. The number of carbonyl (C=O) groups excluding carboxylic acids is 1. The van der Waals surface area contributed by atoms with Crippen LogP contribution in [0.5, 0.6) is 0 Å². The molecule has 1 aromatic carbocycles. The first kappa shape index (κ1) is 22.3. The molecule has 0 spiro atoms. The predicted molar refractivity (Wildman–Crippen MR) is 106 cm³/mol. The Bertz CT molecular complexity index is 828. The molecule has 8 nitrogen and oxygen atoms in total. The molecule has 0 bridgehead atoms. The highest BCUT2D eigenvalue weighted by Gasteiger charge is 2.35. The van der Waals surface area contributed by atoms with Gasteiger partial charge in [-0.2, -0.15) is 4.31 Å². The number of sulfonamides is 1. The van der Waals surface area contributed by atoms with Gasteiger partial charge >= 0.3 is 0 Å². The fraction of sp³-hybridized carbons (Fsp3) is 0.632. The van der Waals surface area contributed by atoms with E-state index in [0.29, 0.717) is 18.4 Å². The Balaban J connectivity index is 2.13. The summed E-state index contributed by atoms with van der Waals surface area (Å²) in [7, 11) is -2.02. The zero-order chi connectivity index (χ0) is 21.1. The summed E-state index contributed by atoms with van der Waals surface area (Å²) in [5.41, 5.74) is 0.221. The molecule has 0 unspecified atom stereocenters. The van der Waals surface area contributed by atoms with E-state index >= 15 is 0 Å². The van der Waals surface area contributed by atoms with Crippen LogP contribution in [0.2, 0.25) is 0 Å². The third kappa shape index (κ3) is 4.52. The predicted octanol–water partition coefficient (Wildman–Crippen LogP) is 2.95. The minimum absolute atomic E-state index is 0.0411. The highest BCUT2D eigenvalue weighted by Crippen LogP contribution is 2.29. The SMILES string of the molecule is CCC(CC)N(C)C(=O)C1CCN(S(=O)(=O)c2cc([N+](=O)[O-])ccc2C)CC1. The van der Waals surface area contributed by atoms with E-state index in [-0.39, 0.29) is 41.5 Å². The van der Waals surface area contributed by atoms with Crippen molar-refractivity contribution in [3.63, 3.8) is 0 Å². The van der Waals surface area contributed by atoms with Gasteiger partial charge in [-0.3, -0.25) is 14.9 Å². The zero-order valence-corrected chi connectivity index (χ0v) is 17.7. The molecule has 1 heterocycles. The molecule has 28 heavy (non-hydrogen) atoms. The highest BCUT2D eigenvalue weighted by atomic mass is 32.2. The number of nitro benzene ring substituents is 1. The van der Waals surface area contributed by atoms with Gasteiger partial charge in [0.15, 0.2) is 0 Å². The molecule has 0 atom stereocenters. The van der Waals surface area contributed by atoms with Crippen LogP contribution in [-0.4, -0.2) is 54.6 Å². The second kappa shape index (κ2) is 9.00. The smallest absolute Gasteiger partial charge is 0.270 e. The van der Waals surface area contributed by atoms with Gasteiger partial charge in [0.25, 0.3) is 5.69 Å². The lowest BCUT2D eigenvalue weighted by Gasteiger charge is -2.35. The summed E-state index contributed by atoms with van der Waals surface area (Å²) in [5, 5.41) is 11.0. The lowest BCUT2D eigenvalue weighted by Crippen LogP contribution is -2.46. The van der Waals surface area contributed by atoms with Crippen LogP contribution < -0.4 is 0 Å². The van der Waals surface area contributed by atoms with E-state index in [0.717, 1.165) is 18.9 Å². The van der Waals surface area contributed by atoms with Gasteiger partial charge in [0.1, 0.15) is 0 Å². The summed E-state index contributed by atoms with van der Waals surface area (Å²) >= 11 is 0. The number of amides is 1. The van der Waals surface area contributed by atoms with Gasteiger partial charge in [-0.15, -0.1) is 0 Å². The number of non-ortho nitro benzene ring substituents is 1. The zero-order valence-electron chi connectivity index (χ0n) is 16.9. The Labute approximate surface area is 166 Å². The Kier molecular flexibility index (Phi) is 7.16. The summed E-state index contributed by atoms with van der Waals surface area (Å²) in [6.45, 7) is 6.19. The van der Waals surface area contributed by atoms with Crippen LogP contribution in [0, 0.1) is 23.0 Å². The van der Waals surface area contributed by atoms with Crippen LogP contribution in [-0.2, 0) is 14.8 Å². The van der Waals surface area contributed by atoms with E-state index in [1.807, 2.05) is 7.05 Å². The first-order valence-electron chi connectivity index (χ1n) is 9.65. The summed E-state index contributed by atoms with van der Waals surface area (Å²) in [4.78, 5) is 24.9. The second-order valence-corrected chi connectivity index (χ2v) is 9.21. The molecule has 2 rings (SSSR count). The number of benzene rings is 1. The number of nitrogens with zero attached hydrogens (tertiary/aromatic N) is 3. The van der Waals surface area contributed by atoms with Gasteiger partial charge in [-0.05, 0) is 38.2 Å². The maximum Gasteiger partial charge on any atom is 0.270 e. The highest BCUT2D eigenvalue weighted by molar-refractivity contribution is 7.89. The van der Waals surface area contributed by atoms with Crippen molar-refractivity contribution in [3.8, 4) is 0 Å². The van der Waals surface area contributed by atoms with E-state index in [9.17, 15) is 23.3 Å². The summed E-state index contributed by atoms with van der Waals surface area (Å²) in [5.74, 6) is -0.125. The number of piperidine rings is 1. The van der Waals surface area contributed by atoms with Gasteiger partial charge in [-0.1, -0.05) is 19.9 Å². The van der Waals surface area contributed by atoms with E-state index < -0.39 is 14.9 Å². The third-order valence-corrected chi connectivity index (χ3v) is 7.68. The fourth-order valence-electron chi connectivity index (χ4n) is 3.77. The number of nitro groups is 1. The Morgan fingerprint density at radius 1 is 1.29 bits per heavy atom. The van der Waals surface area contributed by atoms with Crippen LogP contribution in [0.25, 0.3) is 0 Å². The van der Waals surface area contributed by atoms with E-state index in [2.05, 4.69) is 13.8 Å². The van der Waals surface area contributed by atoms with Crippen molar-refractivity contribution in [1.82, 2.24) is 9.21 Å². The van der Waals surface area contributed by atoms with Crippen molar-refractivity contribution in [3.05, 3.63) is 33.9 Å². The van der Waals surface area contributed by atoms with E-state index in [4.69, 9.17) is 0 Å². The molecule has 0 saturated carbocycles. The number of rotatable bonds is 7. The molecule has 0 radical (unpaired) electrons. The normalized spacial score (nSPS) is 16.3. The van der Waals surface area contributed by atoms with Crippen LogP contribution in [0.4, 0.5) is 5.69 Å². The Morgan fingerprint density at radius 2 is 1.86 bits per heavy atom. The quantitative estimate of drug-likeness (QED) is 0.507. The lowest BCUT2D eigenvalue weighted by molar-refractivity contribution is -0.385. The molecule has 9 heteroatoms. The molecule has 0 aromatic heterocycles. The van der Waals surface area contributed by atoms with E-state index in [1.54, 1.807) is 11.8 Å². The van der Waals surface area contributed by atoms with Crippen molar-refractivity contribution in [2.24, 2.45) is 5.92 Å². The first-order valence-corrected chi connectivity index (χ1v) is 11.1. The molecule has 1 aromatic rings. The molecular formula is C19H29N3O5S. The Hall–Kier alpha value is -2.00. The number of hydrogen-bond donors (Lipinski definition) is 0. The molecule has 0 aliphatic carbocycles. The number of hydrogen-bond acceptors (Lipinski definition) is 5.